The molecular formula is C75H84ClN9O25. The standard InChI is InChI=1S/C75H84ClN9O25/c1-30(2)19-43(79-5)67(96)84-58-60(91)35-12-17-47(33(20-35)10-7-32-8-14-39(104-6)15-9-32)106-49-23-37-24-50(64(49)110-74-65(63(94)62(93)51(29-86)108-74)109-53-28-75(4,78)66(95)31(3)105-53)107-48-18-13-36(22-42(48)76)61(92)59-72(101)83-57(73(102)103)41-25-38(87)26-46(89)54(41)40-21-34(11-16-45(40)88)55(69(98)85-59)82-70(99)56(37)81-68(97)44(27-52(77)90)80-71(58)100/h7-18,20-26,30-31,43-44,51,53,55-63,65-66,74,79,86-89,91-95H,19,27-29,78H2,1-6H3,(H2,77,90)(H,80,100)(H,81,97)(H,82,99)(H,83,101)(H,84,96)(H,85,98)(H,102,103)/b10-7+/t31-,43+,44-,51+,53-,55+,56+,57-,58+,59-,60+,61+,62+,63-,65+,66+,74-,75-/m0/s1. The predicted octanol–water partition coefficient (Wildman–Crippen LogP) is 1.63. The minimum Gasteiger partial charge on any atom is -0.508 e. The number of ether oxygens (including phenoxy) is 7. The maximum Gasteiger partial charge on any atom is 0.330 e. The number of aliphatic hydroxyl groups excluding tert-OH is 6. The van der Waals surface area contributed by atoms with Crippen molar-refractivity contribution in [1.82, 2.24) is 37.2 Å². The molecule has 0 spiro atoms. The second kappa shape index (κ2) is 33.2. The number of fused-ring (bicyclic) bond motifs is 15. The van der Waals surface area contributed by atoms with Gasteiger partial charge in [-0.3, -0.25) is 33.6 Å². The Hall–Kier alpha value is -10.7. The van der Waals surface area contributed by atoms with E-state index in [9.17, 15) is 70.2 Å². The summed E-state index contributed by atoms with van der Waals surface area (Å²) in [6.07, 6.45) is -15.6. The van der Waals surface area contributed by atoms with Gasteiger partial charge in [-0.1, -0.05) is 67.9 Å². The number of carbonyl (C=O) groups is 8. The van der Waals surface area contributed by atoms with Crippen molar-refractivity contribution in [1.29, 1.82) is 0 Å². The topological polar surface area (TPSA) is 540 Å². The number of hydrogen-bond acceptors (Lipinski definition) is 26. The van der Waals surface area contributed by atoms with E-state index in [-0.39, 0.29) is 46.8 Å². The molecular weight excluding hydrogens is 1460 g/mol. The van der Waals surface area contributed by atoms with Gasteiger partial charge in [0.05, 0.1) is 43.4 Å². The van der Waals surface area contributed by atoms with Crippen molar-refractivity contribution in [3.05, 3.63) is 147 Å². The zero-order chi connectivity index (χ0) is 79.6. The Labute approximate surface area is 632 Å². The van der Waals surface area contributed by atoms with E-state index < -0.39 is 237 Å². The number of phenolic OH excluding ortho intramolecular Hbond substituents is 3. The zero-order valence-corrected chi connectivity index (χ0v) is 60.6. The molecule has 0 aromatic heterocycles. The molecule has 0 aliphatic carbocycles. The Kier molecular flexibility index (Phi) is 24.3. The number of aromatic hydroxyl groups is 3. The first-order valence-corrected chi connectivity index (χ1v) is 35.2. The molecule has 7 heterocycles. The van der Waals surface area contributed by atoms with E-state index in [2.05, 4.69) is 37.2 Å². The van der Waals surface area contributed by atoms with Gasteiger partial charge in [-0.2, -0.15) is 0 Å². The summed E-state index contributed by atoms with van der Waals surface area (Å²) in [4.78, 5) is 119. The van der Waals surface area contributed by atoms with Crippen LogP contribution in [0.15, 0.2) is 103 Å². The molecule has 0 saturated carbocycles. The van der Waals surface area contributed by atoms with Crippen molar-refractivity contribution >= 4 is 71.1 Å². The Morgan fingerprint density at radius 1 is 0.718 bits per heavy atom. The first-order chi connectivity index (χ1) is 52.1. The zero-order valence-electron chi connectivity index (χ0n) is 59.8. The normalized spacial score (nSPS) is 28.0. The van der Waals surface area contributed by atoms with E-state index in [1.165, 1.54) is 52.3 Å². The van der Waals surface area contributed by atoms with Crippen LogP contribution in [0.25, 0.3) is 23.3 Å². The van der Waals surface area contributed by atoms with E-state index in [0.29, 0.717) is 11.3 Å². The van der Waals surface area contributed by atoms with Crippen molar-refractivity contribution in [3.8, 4) is 62.9 Å². The lowest BCUT2D eigenvalue weighted by Crippen LogP contribution is -2.64. The smallest absolute Gasteiger partial charge is 0.330 e. The van der Waals surface area contributed by atoms with E-state index >= 15 is 19.2 Å². The molecule has 7 amide bonds. The number of primary amides is 1. The largest absolute Gasteiger partial charge is 0.508 e. The fourth-order valence-electron chi connectivity index (χ4n) is 13.6. The van der Waals surface area contributed by atoms with E-state index in [1.807, 2.05) is 13.8 Å². The monoisotopic (exact) mass is 1550 g/mol. The second-order valence-electron chi connectivity index (χ2n) is 27.9. The number of phenols is 3. The summed E-state index contributed by atoms with van der Waals surface area (Å²) >= 11 is 7.15. The third-order valence-electron chi connectivity index (χ3n) is 19.4. The number of carbonyl (C=O) groups excluding carboxylic acids is 7. The van der Waals surface area contributed by atoms with Crippen LogP contribution in [0.3, 0.4) is 0 Å². The van der Waals surface area contributed by atoms with E-state index in [1.54, 1.807) is 30.3 Å². The van der Waals surface area contributed by atoms with Gasteiger partial charge in [0.1, 0.15) is 95.2 Å². The highest BCUT2D eigenvalue weighted by Gasteiger charge is 2.52. The molecule has 2 fully saturated rings. The fourth-order valence-corrected chi connectivity index (χ4v) is 13.8. The highest BCUT2D eigenvalue weighted by Crippen LogP contribution is 2.50. The van der Waals surface area contributed by atoms with Crippen LogP contribution < -0.4 is 67.6 Å². The number of aliphatic hydroxyl groups is 6. The Morgan fingerprint density at radius 3 is 2.00 bits per heavy atom. The van der Waals surface area contributed by atoms with Crippen LogP contribution in [0, 0.1) is 5.92 Å². The van der Waals surface area contributed by atoms with Gasteiger partial charge in [0.15, 0.2) is 29.9 Å². The van der Waals surface area contributed by atoms with Gasteiger partial charge < -0.3 is 133 Å². The van der Waals surface area contributed by atoms with E-state index in [0.717, 1.165) is 60.7 Å². The lowest BCUT2D eigenvalue weighted by molar-refractivity contribution is -0.333. The number of carboxylic acid groups (broad SMARTS) is 1. The number of benzene rings is 6. The first kappa shape index (κ1) is 80.3. The van der Waals surface area contributed by atoms with Gasteiger partial charge in [0, 0.05) is 40.3 Å². The number of nitrogens with two attached hydrogens (primary N) is 2. The van der Waals surface area contributed by atoms with Gasteiger partial charge in [-0.25, -0.2) is 4.79 Å². The average Bonchev–Trinajstić information content (AvgIpc) is 0.765. The van der Waals surface area contributed by atoms with Crippen LogP contribution >= 0.6 is 11.6 Å². The average molecular weight is 1550 g/mol. The number of nitrogens with one attached hydrogen (secondary N) is 7. The third kappa shape index (κ3) is 17.3. The molecule has 7 aliphatic rings. The fraction of sp³-hybridized carbons (Fsp3) is 0.387. The summed E-state index contributed by atoms with van der Waals surface area (Å²) in [7, 11) is 2.95. The van der Waals surface area contributed by atoms with Crippen LogP contribution in [0.5, 0.6) is 51.7 Å². The minimum atomic E-state index is -2.36. The van der Waals surface area contributed by atoms with Gasteiger partial charge in [-0.15, -0.1) is 0 Å². The second-order valence-corrected chi connectivity index (χ2v) is 28.3. The number of halogens is 1. The number of likely N-dealkylation sites (N-methyl/N-ethyl adjacent to an activating group) is 1. The van der Waals surface area contributed by atoms with Crippen molar-refractivity contribution in [2.45, 2.75) is 156 Å². The molecule has 13 rings (SSSR count). The molecule has 7 aliphatic heterocycles. The predicted molar refractivity (Wildman–Crippen MR) is 386 cm³/mol. The molecule has 34 nitrogen and oxygen atoms in total. The van der Waals surface area contributed by atoms with Crippen LogP contribution in [0.2, 0.25) is 5.02 Å². The summed E-state index contributed by atoms with van der Waals surface area (Å²) in [5.41, 5.74) is 8.83. The number of methoxy groups -OCH3 is 1. The summed E-state index contributed by atoms with van der Waals surface area (Å²) in [5.74, 6) is -15.2. The number of rotatable bonds is 16. The quantitative estimate of drug-likeness (QED) is 0.0612. The highest BCUT2D eigenvalue weighted by atomic mass is 35.5. The summed E-state index contributed by atoms with van der Waals surface area (Å²) in [6.45, 7) is 5.70. The van der Waals surface area contributed by atoms with E-state index in [4.69, 9.17) is 56.2 Å². The van der Waals surface area contributed by atoms with Gasteiger partial charge in [-0.05, 0) is 128 Å². The van der Waals surface area contributed by atoms with Crippen molar-refractivity contribution in [3.63, 3.8) is 0 Å². The van der Waals surface area contributed by atoms with Crippen LogP contribution in [-0.2, 0) is 52.6 Å². The summed E-state index contributed by atoms with van der Waals surface area (Å²) in [6, 6.07) is 6.57. The Morgan fingerprint density at radius 2 is 1.36 bits per heavy atom. The first-order valence-electron chi connectivity index (χ1n) is 34.8. The highest BCUT2D eigenvalue weighted by molar-refractivity contribution is 6.32. The molecule has 0 radical (unpaired) electrons. The molecule has 35 heteroatoms. The molecule has 0 unspecified atom stereocenters. The maximum atomic E-state index is 16.3. The molecule has 2 saturated heterocycles. The SMILES string of the molecule is CN[C@H](CC(C)C)C(=O)N[C@H]1C(=O)N[C@@H](CC(N)=O)C(=O)N[C@H]2C(=O)N[C@H]3C(=O)N[C@H](C(=O)N[C@H](C(=O)O)c4cc(O)cc(O)c4-c4cc3ccc4O)[C@H](O)c3ccc(c(Cl)c3)Oc3cc2cc(c3O[C@@H]2O[C@H](CO)[C@@H](O)[C@H](O)[C@H]2O[C@H]2C[C@](C)(N)[C@H](O)[C@H](C)O2)Oc2ccc(cc2/C=C/c2ccc(OC)cc2)[C@H]1O. The Bertz CT molecular complexity index is 4570. The third-order valence-corrected chi connectivity index (χ3v) is 19.7. The molecule has 586 valence electrons. The van der Waals surface area contributed by atoms with Crippen LogP contribution in [-0.4, -0.2) is 198 Å². The molecule has 11 bridgehead atoms. The maximum absolute atomic E-state index is 16.3. The van der Waals surface area contributed by atoms with Crippen molar-refractivity contribution in [2.24, 2.45) is 17.4 Å². The van der Waals surface area contributed by atoms with Crippen LogP contribution in [0.1, 0.15) is 116 Å². The number of carboxylic acids is 1. The van der Waals surface area contributed by atoms with Gasteiger partial charge in [0.25, 0.3) is 0 Å². The van der Waals surface area contributed by atoms with Crippen LogP contribution in [0.4, 0.5) is 0 Å². The minimum absolute atomic E-state index is 0.0483. The Balaban J connectivity index is 1.20. The van der Waals surface area contributed by atoms with Crippen molar-refractivity contribution < 1.29 is 123 Å². The molecule has 6 aromatic rings. The molecule has 21 N–H and O–H groups in total. The summed E-state index contributed by atoms with van der Waals surface area (Å²) < 4.78 is 44.6. The van der Waals surface area contributed by atoms with Gasteiger partial charge >= 0.3 is 5.97 Å². The number of hydrogen-bond donors (Lipinski definition) is 19. The lowest BCUT2D eigenvalue weighted by atomic mass is 9.86. The molecule has 6 aromatic carbocycles. The molecule has 18 atom stereocenters. The number of aliphatic carboxylic acids is 1. The van der Waals surface area contributed by atoms with Crippen molar-refractivity contribution in [2.75, 3.05) is 20.8 Å². The lowest BCUT2D eigenvalue weighted by Gasteiger charge is -2.47. The molecule has 110 heavy (non-hydrogen) atoms. The number of amides is 7. The summed E-state index contributed by atoms with van der Waals surface area (Å²) in [5, 5.41) is 133. The van der Waals surface area contributed by atoms with Gasteiger partial charge in [0.2, 0.25) is 53.4 Å².